The summed E-state index contributed by atoms with van der Waals surface area (Å²) in [6, 6.07) is 16.6. The number of rotatable bonds is 10. The number of pyridine rings is 2. The summed E-state index contributed by atoms with van der Waals surface area (Å²) in [5, 5.41) is 6.55. The van der Waals surface area contributed by atoms with Gasteiger partial charge in [-0.2, -0.15) is 0 Å². The average molecular weight is 547 g/mol. The normalized spacial score (nSPS) is 13.4. The minimum absolute atomic E-state index is 0.150. The average Bonchev–Trinajstić information content (AvgIpc) is 3.77. The molecule has 0 aliphatic heterocycles. The highest BCUT2D eigenvalue weighted by Gasteiger charge is 2.56. The third-order valence-electron chi connectivity index (χ3n) is 6.64. The van der Waals surface area contributed by atoms with Crippen LogP contribution in [0.25, 0.3) is 10.9 Å². The van der Waals surface area contributed by atoms with Gasteiger partial charge in [-0.1, -0.05) is 41.9 Å². The van der Waals surface area contributed by atoms with Crippen molar-refractivity contribution in [2.24, 2.45) is 5.41 Å². The summed E-state index contributed by atoms with van der Waals surface area (Å²) in [5.74, 6) is 1.04. The summed E-state index contributed by atoms with van der Waals surface area (Å²) in [7, 11) is 3.10. The van der Waals surface area contributed by atoms with Crippen LogP contribution in [0.15, 0.2) is 67.0 Å². The molecule has 1 fully saturated rings. The zero-order chi connectivity index (χ0) is 27.4. The SMILES string of the molecule is COc1cc2nccc(Oc3ncc(NC(=O)C4(C(=O)NCCc5ccccc5)CC4)cc3Cl)c2cc1OC. The van der Waals surface area contributed by atoms with Crippen molar-refractivity contribution in [2.45, 2.75) is 19.3 Å². The highest BCUT2D eigenvalue weighted by Crippen LogP contribution is 2.47. The van der Waals surface area contributed by atoms with Gasteiger partial charge < -0.3 is 24.8 Å². The summed E-state index contributed by atoms with van der Waals surface area (Å²) < 4.78 is 16.7. The number of fused-ring (bicyclic) bond motifs is 1. The van der Waals surface area contributed by atoms with E-state index < -0.39 is 5.41 Å². The molecule has 39 heavy (non-hydrogen) atoms. The van der Waals surface area contributed by atoms with E-state index in [4.69, 9.17) is 25.8 Å². The second kappa shape index (κ2) is 11.2. The van der Waals surface area contributed by atoms with E-state index in [9.17, 15) is 9.59 Å². The Morgan fingerprint density at radius 3 is 2.38 bits per heavy atom. The molecule has 0 unspecified atom stereocenters. The van der Waals surface area contributed by atoms with Crippen molar-refractivity contribution < 1.29 is 23.8 Å². The van der Waals surface area contributed by atoms with Crippen LogP contribution < -0.4 is 24.8 Å². The van der Waals surface area contributed by atoms with Crippen LogP contribution in [-0.2, 0) is 16.0 Å². The number of hydrogen-bond donors (Lipinski definition) is 2. The van der Waals surface area contributed by atoms with Gasteiger partial charge in [-0.05, 0) is 43.0 Å². The number of ether oxygens (including phenoxy) is 3. The summed E-state index contributed by atoms with van der Waals surface area (Å²) in [6.45, 7) is 0.458. The molecule has 0 bridgehead atoms. The van der Waals surface area contributed by atoms with E-state index >= 15 is 0 Å². The van der Waals surface area contributed by atoms with Crippen LogP contribution in [0, 0.1) is 5.41 Å². The second-order valence-corrected chi connectivity index (χ2v) is 9.58. The lowest BCUT2D eigenvalue weighted by Gasteiger charge is -2.16. The van der Waals surface area contributed by atoms with Crippen LogP contribution in [0.3, 0.4) is 0 Å². The lowest BCUT2D eigenvalue weighted by atomic mass is 10.0. The molecular weight excluding hydrogens is 520 g/mol. The van der Waals surface area contributed by atoms with Gasteiger partial charge in [0.15, 0.2) is 11.5 Å². The van der Waals surface area contributed by atoms with Gasteiger partial charge in [0.2, 0.25) is 17.7 Å². The first-order valence-corrected chi connectivity index (χ1v) is 12.8. The molecule has 1 aliphatic carbocycles. The second-order valence-electron chi connectivity index (χ2n) is 9.17. The van der Waals surface area contributed by atoms with E-state index in [2.05, 4.69) is 20.6 Å². The molecule has 2 N–H and O–H groups in total. The van der Waals surface area contributed by atoms with E-state index in [0.717, 1.165) is 5.56 Å². The molecule has 2 amide bonds. The fraction of sp³-hybridized carbons (Fsp3) is 0.241. The molecule has 1 aliphatic rings. The van der Waals surface area contributed by atoms with Gasteiger partial charge >= 0.3 is 0 Å². The Labute approximate surface area is 230 Å². The van der Waals surface area contributed by atoms with E-state index in [0.29, 0.717) is 59.6 Å². The maximum atomic E-state index is 13.0. The Morgan fingerprint density at radius 2 is 1.69 bits per heavy atom. The van der Waals surface area contributed by atoms with E-state index in [1.54, 1.807) is 38.6 Å². The number of carbonyl (C=O) groups is 2. The number of carbonyl (C=O) groups excluding carboxylic acids is 2. The van der Waals surface area contributed by atoms with Crippen molar-refractivity contribution in [3.63, 3.8) is 0 Å². The maximum absolute atomic E-state index is 13.0. The number of anilines is 1. The quantitative estimate of drug-likeness (QED) is 0.264. The van der Waals surface area contributed by atoms with Gasteiger partial charge in [-0.15, -0.1) is 0 Å². The lowest BCUT2D eigenvalue weighted by Crippen LogP contribution is -2.40. The molecule has 0 radical (unpaired) electrons. The molecule has 4 aromatic rings. The first kappa shape index (κ1) is 26.2. The van der Waals surface area contributed by atoms with Crippen molar-refractivity contribution in [3.05, 3.63) is 77.6 Å². The number of methoxy groups -OCH3 is 2. The number of amides is 2. The van der Waals surface area contributed by atoms with Crippen LogP contribution in [0.5, 0.6) is 23.1 Å². The Morgan fingerprint density at radius 1 is 0.949 bits per heavy atom. The molecule has 2 aromatic carbocycles. The highest BCUT2D eigenvalue weighted by molar-refractivity contribution is 6.32. The molecule has 1 saturated carbocycles. The van der Waals surface area contributed by atoms with Crippen LogP contribution in [0.4, 0.5) is 5.69 Å². The van der Waals surface area contributed by atoms with Crippen molar-refractivity contribution in [3.8, 4) is 23.1 Å². The molecule has 200 valence electrons. The summed E-state index contributed by atoms with van der Waals surface area (Å²) >= 11 is 6.46. The van der Waals surface area contributed by atoms with E-state index in [-0.39, 0.29) is 22.7 Å². The molecule has 2 heterocycles. The fourth-order valence-electron chi connectivity index (χ4n) is 4.28. The van der Waals surface area contributed by atoms with Crippen LogP contribution in [0.2, 0.25) is 5.02 Å². The summed E-state index contributed by atoms with van der Waals surface area (Å²) in [4.78, 5) is 34.5. The lowest BCUT2D eigenvalue weighted by molar-refractivity contribution is -0.134. The fourth-order valence-corrected chi connectivity index (χ4v) is 4.48. The number of aromatic nitrogens is 2. The topological polar surface area (TPSA) is 112 Å². The zero-order valence-electron chi connectivity index (χ0n) is 21.5. The summed E-state index contributed by atoms with van der Waals surface area (Å²) in [6.07, 6.45) is 4.71. The molecule has 0 atom stereocenters. The van der Waals surface area contributed by atoms with Gasteiger partial charge in [0.25, 0.3) is 0 Å². The molecule has 0 saturated heterocycles. The Bertz CT molecular complexity index is 1530. The third-order valence-corrected chi connectivity index (χ3v) is 6.91. The third kappa shape index (κ3) is 5.58. The van der Waals surface area contributed by atoms with Crippen LogP contribution in [0.1, 0.15) is 18.4 Å². The Hall–Kier alpha value is -4.37. The van der Waals surface area contributed by atoms with Crippen LogP contribution >= 0.6 is 11.6 Å². The minimum Gasteiger partial charge on any atom is -0.493 e. The number of nitrogens with zero attached hydrogens (tertiary/aromatic N) is 2. The standard InChI is InChI=1S/C29H27ClN4O5/c1-37-24-15-20-22(16-25(24)38-2)31-13-9-23(20)39-26-21(30)14-19(17-33-26)34-28(36)29(10-11-29)27(35)32-12-8-18-6-4-3-5-7-18/h3-7,9,13-17H,8,10-12H2,1-2H3,(H,32,35)(H,34,36). The number of benzene rings is 2. The Kier molecular flexibility index (Phi) is 7.51. The Balaban J connectivity index is 1.25. The predicted octanol–water partition coefficient (Wildman–Crippen LogP) is 5.17. The van der Waals surface area contributed by atoms with Gasteiger partial charge in [0.1, 0.15) is 16.2 Å². The largest absolute Gasteiger partial charge is 0.493 e. The first-order valence-electron chi connectivity index (χ1n) is 12.4. The van der Waals surface area contributed by atoms with E-state index in [1.165, 1.54) is 12.3 Å². The smallest absolute Gasteiger partial charge is 0.240 e. The van der Waals surface area contributed by atoms with Gasteiger partial charge in [0, 0.05) is 24.2 Å². The van der Waals surface area contributed by atoms with Crippen molar-refractivity contribution in [2.75, 3.05) is 26.1 Å². The number of nitrogens with one attached hydrogen (secondary N) is 2. The first-order chi connectivity index (χ1) is 18.9. The van der Waals surface area contributed by atoms with Crippen molar-refractivity contribution in [1.82, 2.24) is 15.3 Å². The van der Waals surface area contributed by atoms with E-state index in [1.807, 2.05) is 30.3 Å². The number of hydrogen-bond acceptors (Lipinski definition) is 7. The van der Waals surface area contributed by atoms with Crippen molar-refractivity contribution >= 4 is 40.0 Å². The zero-order valence-corrected chi connectivity index (χ0v) is 22.2. The summed E-state index contributed by atoms with van der Waals surface area (Å²) in [5.41, 5.74) is 1.05. The monoisotopic (exact) mass is 546 g/mol. The van der Waals surface area contributed by atoms with Gasteiger partial charge in [0.05, 0.1) is 31.6 Å². The van der Waals surface area contributed by atoms with Crippen LogP contribution in [-0.4, -0.2) is 42.5 Å². The van der Waals surface area contributed by atoms with Crippen molar-refractivity contribution in [1.29, 1.82) is 0 Å². The molecule has 9 nitrogen and oxygen atoms in total. The predicted molar refractivity (Wildman–Crippen MR) is 148 cm³/mol. The number of halogens is 1. The minimum atomic E-state index is -1.07. The molecule has 5 rings (SSSR count). The highest BCUT2D eigenvalue weighted by atomic mass is 35.5. The maximum Gasteiger partial charge on any atom is 0.240 e. The molecular formula is C29H27ClN4O5. The molecule has 10 heteroatoms. The molecule has 2 aromatic heterocycles. The van der Waals surface area contributed by atoms with Gasteiger partial charge in [-0.25, -0.2) is 4.98 Å². The molecule has 0 spiro atoms. The van der Waals surface area contributed by atoms with Gasteiger partial charge in [-0.3, -0.25) is 14.6 Å².